The second kappa shape index (κ2) is 7.38. The predicted molar refractivity (Wildman–Crippen MR) is 120 cm³/mol. The van der Waals surface area contributed by atoms with E-state index in [4.69, 9.17) is 5.73 Å². The third kappa shape index (κ3) is 3.60. The van der Waals surface area contributed by atoms with Gasteiger partial charge in [-0.1, -0.05) is 12.1 Å². The highest BCUT2D eigenvalue weighted by Gasteiger charge is 2.12. The second-order valence-electron chi connectivity index (χ2n) is 7.06. The zero-order chi connectivity index (χ0) is 21.4. The first-order valence-corrected chi connectivity index (χ1v) is 9.53. The Bertz CT molecular complexity index is 1440. The molecule has 9 nitrogen and oxygen atoms in total. The van der Waals surface area contributed by atoms with E-state index in [1.807, 2.05) is 55.8 Å². The summed E-state index contributed by atoms with van der Waals surface area (Å²) in [6.45, 7) is 0. The molecule has 5 aromatic rings. The van der Waals surface area contributed by atoms with Crippen LogP contribution in [0.3, 0.4) is 0 Å². The second-order valence-corrected chi connectivity index (χ2v) is 7.06. The number of hydrogen-bond acceptors (Lipinski definition) is 7. The van der Waals surface area contributed by atoms with Gasteiger partial charge in [0, 0.05) is 48.6 Å². The molecule has 1 aromatic carbocycles. The van der Waals surface area contributed by atoms with Gasteiger partial charge in [0.1, 0.15) is 5.82 Å². The predicted octanol–water partition coefficient (Wildman–Crippen LogP) is 3.11. The number of nitrogen functional groups attached to an aromatic ring is 1. The van der Waals surface area contributed by atoms with E-state index in [-0.39, 0.29) is 11.5 Å². The monoisotopic (exact) mass is 410 g/mol. The van der Waals surface area contributed by atoms with Crippen LogP contribution in [0.15, 0.2) is 72.2 Å². The Balaban J connectivity index is 1.56. The largest absolute Gasteiger partial charge is 0.368 e. The highest BCUT2D eigenvalue weighted by atomic mass is 16.1. The summed E-state index contributed by atoms with van der Waals surface area (Å²) in [7, 11) is 1.88. The van der Waals surface area contributed by atoms with Gasteiger partial charge in [0.2, 0.25) is 5.95 Å². The van der Waals surface area contributed by atoms with Crippen molar-refractivity contribution in [3.8, 4) is 22.4 Å². The number of pyridine rings is 2. The molecule has 0 fully saturated rings. The molecule has 4 N–H and O–H groups in total. The smallest absolute Gasteiger partial charge is 0.259 e. The number of nitrogens with zero attached hydrogens (tertiary/aromatic N) is 5. The van der Waals surface area contributed by atoms with E-state index in [1.165, 1.54) is 0 Å². The minimum Gasteiger partial charge on any atom is -0.368 e. The van der Waals surface area contributed by atoms with Crippen LogP contribution in [0.5, 0.6) is 0 Å². The average Bonchev–Trinajstić information content (AvgIpc) is 3.21. The van der Waals surface area contributed by atoms with Gasteiger partial charge >= 0.3 is 0 Å². The summed E-state index contributed by atoms with van der Waals surface area (Å²) in [6.07, 6.45) is 8.59. The maximum atomic E-state index is 12.5. The van der Waals surface area contributed by atoms with Crippen molar-refractivity contribution >= 4 is 28.2 Å². The van der Waals surface area contributed by atoms with Crippen LogP contribution in [-0.4, -0.2) is 29.7 Å². The van der Waals surface area contributed by atoms with E-state index >= 15 is 0 Å². The number of hydrogen-bond donors (Lipinski definition) is 3. The summed E-state index contributed by atoms with van der Waals surface area (Å²) in [4.78, 5) is 28.0. The number of H-pyrrole nitrogens is 1. The van der Waals surface area contributed by atoms with Gasteiger partial charge in [-0.15, -0.1) is 0 Å². The fourth-order valence-corrected chi connectivity index (χ4v) is 3.38. The fraction of sp³-hybridized carbons (Fsp3) is 0.0455. The third-order valence-electron chi connectivity index (χ3n) is 4.91. The van der Waals surface area contributed by atoms with Gasteiger partial charge < -0.3 is 16.0 Å². The van der Waals surface area contributed by atoms with Crippen molar-refractivity contribution < 1.29 is 0 Å². The molecule has 4 aromatic heterocycles. The number of fused-ring (bicyclic) bond motifs is 1. The summed E-state index contributed by atoms with van der Waals surface area (Å²) in [5.41, 5.74) is 9.58. The lowest BCUT2D eigenvalue weighted by atomic mass is 10.1. The molecule has 0 aliphatic rings. The normalized spacial score (nSPS) is 11.0. The average molecular weight is 410 g/mol. The Morgan fingerprint density at radius 2 is 1.77 bits per heavy atom. The first kappa shape index (κ1) is 18.5. The van der Waals surface area contributed by atoms with Crippen LogP contribution in [0.25, 0.3) is 33.2 Å². The number of nitrogens with one attached hydrogen (secondary N) is 2. The zero-order valence-corrected chi connectivity index (χ0v) is 16.6. The summed E-state index contributed by atoms with van der Waals surface area (Å²) < 4.78 is 1.76. The highest BCUT2D eigenvalue weighted by molar-refractivity contribution is 5.95. The van der Waals surface area contributed by atoms with E-state index in [2.05, 4.69) is 30.4 Å². The number of anilines is 3. The van der Waals surface area contributed by atoms with Gasteiger partial charge in [0.15, 0.2) is 0 Å². The lowest BCUT2D eigenvalue weighted by molar-refractivity contribution is 0.768. The molecular weight excluding hydrogens is 392 g/mol. The lowest BCUT2D eigenvalue weighted by Crippen LogP contribution is -2.09. The fourth-order valence-electron chi connectivity index (χ4n) is 3.38. The first-order valence-electron chi connectivity index (χ1n) is 9.53. The van der Waals surface area contributed by atoms with Gasteiger partial charge in [-0.2, -0.15) is 5.10 Å². The maximum absolute atomic E-state index is 12.5. The van der Waals surface area contributed by atoms with Gasteiger partial charge in [0.25, 0.3) is 5.56 Å². The SMILES string of the molecule is Cn1cc(-c2ccc(Nc3nc(-c4cnc(N)nc4)cc4cc[nH]c(=O)c34)cc2)cn1. The van der Waals surface area contributed by atoms with Crippen LogP contribution in [0, 0.1) is 0 Å². The summed E-state index contributed by atoms with van der Waals surface area (Å²) in [5.74, 6) is 0.633. The number of aromatic nitrogens is 6. The zero-order valence-electron chi connectivity index (χ0n) is 16.6. The quantitative estimate of drug-likeness (QED) is 0.415. The molecule has 0 bridgehead atoms. The van der Waals surface area contributed by atoms with Gasteiger partial charge in [-0.05, 0) is 35.2 Å². The summed E-state index contributed by atoms with van der Waals surface area (Å²) in [5, 5.41) is 8.70. The Morgan fingerprint density at radius 3 is 2.48 bits per heavy atom. The third-order valence-corrected chi connectivity index (χ3v) is 4.91. The van der Waals surface area contributed by atoms with Crippen molar-refractivity contribution in [1.82, 2.24) is 29.7 Å². The molecule has 0 saturated heterocycles. The molecule has 4 heterocycles. The standard InChI is InChI=1S/C22H18N8O/c1-30-12-16(11-27-30)13-2-4-17(5-3-13)28-20-19-14(6-7-24-21(19)31)8-18(29-20)15-9-25-22(23)26-10-15/h2-12H,1H3,(H,24,31)(H,28,29)(H2,23,25,26). The van der Waals surface area contributed by atoms with E-state index in [0.29, 0.717) is 22.5 Å². The molecular formula is C22H18N8O. The van der Waals surface area contributed by atoms with Crippen molar-refractivity contribution in [1.29, 1.82) is 0 Å². The minimum atomic E-state index is -0.223. The van der Waals surface area contributed by atoms with Crippen molar-refractivity contribution in [3.05, 3.63) is 77.7 Å². The molecule has 0 aliphatic carbocycles. The molecule has 0 radical (unpaired) electrons. The molecule has 0 unspecified atom stereocenters. The summed E-state index contributed by atoms with van der Waals surface area (Å²) in [6, 6.07) is 11.5. The molecule has 0 aliphatic heterocycles. The lowest BCUT2D eigenvalue weighted by Gasteiger charge is -2.11. The number of nitrogens with two attached hydrogens (primary N) is 1. The van der Waals surface area contributed by atoms with Gasteiger partial charge in [-0.25, -0.2) is 15.0 Å². The molecule has 152 valence electrons. The van der Waals surface area contributed by atoms with E-state index < -0.39 is 0 Å². The number of benzene rings is 1. The van der Waals surface area contributed by atoms with Crippen LogP contribution in [0.4, 0.5) is 17.5 Å². The number of aromatic amines is 1. The van der Waals surface area contributed by atoms with E-state index in [0.717, 1.165) is 22.2 Å². The maximum Gasteiger partial charge on any atom is 0.259 e. The van der Waals surface area contributed by atoms with Crippen molar-refractivity contribution in [2.75, 3.05) is 11.1 Å². The Hall–Kier alpha value is -4.53. The van der Waals surface area contributed by atoms with Gasteiger partial charge in [-0.3, -0.25) is 9.48 Å². The molecule has 5 rings (SSSR count). The van der Waals surface area contributed by atoms with Crippen molar-refractivity contribution in [2.45, 2.75) is 0 Å². The van der Waals surface area contributed by atoms with Gasteiger partial charge in [0.05, 0.1) is 17.3 Å². The Labute approximate surface area is 176 Å². The molecule has 0 amide bonds. The Kier molecular flexibility index (Phi) is 4.40. The minimum absolute atomic E-state index is 0.188. The Morgan fingerprint density at radius 1 is 1.00 bits per heavy atom. The number of rotatable bonds is 4. The van der Waals surface area contributed by atoms with E-state index in [9.17, 15) is 4.79 Å². The topological polar surface area (TPSA) is 127 Å². The number of aryl methyl sites for hydroxylation is 1. The van der Waals surface area contributed by atoms with Crippen molar-refractivity contribution in [3.63, 3.8) is 0 Å². The van der Waals surface area contributed by atoms with Crippen molar-refractivity contribution in [2.24, 2.45) is 7.05 Å². The van der Waals surface area contributed by atoms with E-state index in [1.54, 1.807) is 23.3 Å². The molecule has 0 spiro atoms. The van der Waals surface area contributed by atoms with Crippen LogP contribution < -0.4 is 16.6 Å². The van der Waals surface area contributed by atoms with Crippen LogP contribution in [0.1, 0.15) is 0 Å². The van der Waals surface area contributed by atoms with Crippen LogP contribution in [-0.2, 0) is 7.05 Å². The molecule has 9 heteroatoms. The first-order chi connectivity index (χ1) is 15.1. The molecule has 0 saturated carbocycles. The molecule has 31 heavy (non-hydrogen) atoms. The van der Waals surface area contributed by atoms with Crippen LogP contribution >= 0.6 is 0 Å². The highest BCUT2D eigenvalue weighted by Crippen LogP contribution is 2.28. The molecule has 0 atom stereocenters. The van der Waals surface area contributed by atoms with Crippen LogP contribution in [0.2, 0.25) is 0 Å². The summed E-state index contributed by atoms with van der Waals surface area (Å²) >= 11 is 0.